The Bertz CT molecular complexity index is 707. The van der Waals surface area contributed by atoms with Gasteiger partial charge >= 0.3 is 5.97 Å². The van der Waals surface area contributed by atoms with Crippen LogP contribution in [-0.4, -0.2) is 41.4 Å². The average molecular weight is 395 g/mol. The predicted octanol–water partition coefficient (Wildman–Crippen LogP) is 4.05. The maximum absolute atomic E-state index is 12.9. The summed E-state index contributed by atoms with van der Waals surface area (Å²) >= 11 is 1.34. The van der Waals surface area contributed by atoms with Gasteiger partial charge in [-0.25, -0.2) is 4.79 Å². The van der Waals surface area contributed by atoms with Gasteiger partial charge < -0.3 is 15.0 Å². The van der Waals surface area contributed by atoms with E-state index in [9.17, 15) is 14.4 Å². The molecule has 0 aliphatic heterocycles. The highest BCUT2D eigenvalue weighted by atomic mass is 32.1. The van der Waals surface area contributed by atoms with Gasteiger partial charge in [-0.2, -0.15) is 0 Å². The summed E-state index contributed by atoms with van der Waals surface area (Å²) in [5, 5.41) is 3.16. The number of ether oxygens (including phenoxy) is 1. The number of rotatable bonds is 6. The minimum atomic E-state index is -0.857. The Morgan fingerprint density at radius 2 is 1.85 bits per heavy atom. The van der Waals surface area contributed by atoms with Gasteiger partial charge in [0.25, 0.3) is 5.91 Å². The molecule has 0 unspecified atom stereocenters. The quantitative estimate of drug-likeness (QED) is 0.739. The maximum atomic E-state index is 12.9. The summed E-state index contributed by atoms with van der Waals surface area (Å²) in [5.74, 6) is -0.964. The monoisotopic (exact) mass is 394 g/mol. The lowest BCUT2D eigenvalue weighted by Gasteiger charge is -2.35. The van der Waals surface area contributed by atoms with Crippen LogP contribution in [0.2, 0.25) is 0 Å². The van der Waals surface area contributed by atoms with Gasteiger partial charge in [-0.3, -0.25) is 9.59 Å². The zero-order valence-electron chi connectivity index (χ0n) is 16.9. The maximum Gasteiger partial charge on any atom is 0.342 e. The third-order valence-electron chi connectivity index (χ3n) is 5.15. The topological polar surface area (TPSA) is 75.7 Å². The second kappa shape index (κ2) is 9.35. The predicted molar refractivity (Wildman–Crippen MR) is 107 cm³/mol. The Morgan fingerprint density at radius 3 is 2.41 bits per heavy atom. The SMILES string of the molecule is CCN(C(=O)[C@@H](C)OC(=O)c1c(NC(C)=O)sc(C)c1C)C1CCCCC1. The van der Waals surface area contributed by atoms with Crippen LogP contribution < -0.4 is 5.32 Å². The summed E-state index contributed by atoms with van der Waals surface area (Å²) in [6, 6.07) is 0.234. The summed E-state index contributed by atoms with van der Waals surface area (Å²) in [6.07, 6.45) is 4.65. The lowest BCUT2D eigenvalue weighted by atomic mass is 9.94. The molecule has 1 aromatic rings. The molecule has 1 aliphatic carbocycles. The number of likely N-dealkylation sites (N-methyl/N-ethyl adjacent to an activating group) is 1. The van der Waals surface area contributed by atoms with Crippen molar-refractivity contribution in [2.75, 3.05) is 11.9 Å². The minimum absolute atomic E-state index is 0.150. The van der Waals surface area contributed by atoms with Gasteiger partial charge in [0.15, 0.2) is 6.10 Å². The largest absolute Gasteiger partial charge is 0.449 e. The number of esters is 1. The summed E-state index contributed by atoms with van der Waals surface area (Å²) < 4.78 is 5.51. The summed E-state index contributed by atoms with van der Waals surface area (Å²) in [4.78, 5) is 39.8. The number of carbonyl (C=O) groups excluding carboxylic acids is 3. The van der Waals surface area contributed by atoms with Crippen LogP contribution in [0.3, 0.4) is 0 Å². The molecule has 1 atom stereocenters. The van der Waals surface area contributed by atoms with Crippen molar-refractivity contribution in [2.24, 2.45) is 0 Å². The zero-order valence-corrected chi connectivity index (χ0v) is 17.7. The van der Waals surface area contributed by atoms with Gasteiger partial charge in [0.05, 0.1) is 5.56 Å². The molecule has 1 fully saturated rings. The number of anilines is 1. The first-order valence-electron chi connectivity index (χ1n) is 9.65. The molecule has 0 aromatic carbocycles. The van der Waals surface area contributed by atoms with E-state index in [1.807, 2.05) is 25.7 Å². The van der Waals surface area contributed by atoms with Crippen LogP contribution in [-0.2, 0) is 14.3 Å². The fourth-order valence-corrected chi connectivity index (χ4v) is 4.71. The third-order valence-corrected chi connectivity index (χ3v) is 6.27. The van der Waals surface area contributed by atoms with Gasteiger partial charge in [0.1, 0.15) is 5.00 Å². The molecule has 0 radical (unpaired) electrons. The first-order chi connectivity index (χ1) is 12.8. The molecule has 0 spiro atoms. The molecule has 2 rings (SSSR count). The zero-order chi connectivity index (χ0) is 20.1. The van der Waals surface area contributed by atoms with Crippen LogP contribution >= 0.6 is 11.3 Å². The molecule has 27 heavy (non-hydrogen) atoms. The van der Waals surface area contributed by atoms with Crippen LogP contribution in [0.15, 0.2) is 0 Å². The van der Waals surface area contributed by atoms with Gasteiger partial charge in [-0.05, 0) is 46.1 Å². The molecule has 0 saturated heterocycles. The molecule has 150 valence electrons. The molecule has 1 heterocycles. The number of hydrogen-bond acceptors (Lipinski definition) is 5. The van der Waals surface area contributed by atoms with E-state index in [0.717, 1.165) is 36.1 Å². The number of carbonyl (C=O) groups is 3. The second-order valence-electron chi connectivity index (χ2n) is 7.13. The van der Waals surface area contributed by atoms with E-state index in [2.05, 4.69) is 5.32 Å². The number of thiophene rings is 1. The van der Waals surface area contributed by atoms with Crippen molar-refractivity contribution in [2.45, 2.75) is 78.9 Å². The van der Waals surface area contributed by atoms with Crippen molar-refractivity contribution in [1.29, 1.82) is 0 Å². The molecule has 7 heteroatoms. The van der Waals surface area contributed by atoms with Crippen molar-refractivity contribution >= 4 is 34.1 Å². The van der Waals surface area contributed by atoms with Crippen LogP contribution in [0, 0.1) is 13.8 Å². The van der Waals surface area contributed by atoms with E-state index < -0.39 is 12.1 Å². The van der Waals surface area contributed by atoms with Crippen LogP contribution in [0.5, 0.6) is 0 Å². The lowest BCUT2D eigenvalue weighted by Crippen LogP contribution is -2.46. The Kier molecular flexibility index (Phi) is 7.41. The molecular formula is C20H30N2O4S. The number of aryl methyl sites for hydroxylation is 1. The Labute approximate surface area is 165 Å². The Balaban J connectivity index is 2.12. The van der Waals surface area contributed by atoms with Crippen LogP contribution in [0.1, 0.15) is 73.7 Å². The van der Waals surface area contributed by atoms with E-state index >= 15 is 0 Å². The summed E-state index contributed by atoms with van der Waals surface area (Å²) in [7, 11) is 0. The summed E-state index contributed by atoms with van der Waals surface area (Å²) in [5.41, 5.74) is 1.11. The van der Waals surface area contributed by atoms with Crippen molar-refractivity contribution in [3.8, 4) is 0 Å². The van der Waals surface area contributed by atoms with E-state index in [0.29, 0.717) is 17.1 Å². The van der Waals surface area contributed by atoms with Crippen LogP contribution in [0.4, 0.5) is 5.00 Å². The first kappa shape index (κ1) is 21.4. The fraction of sp³-hybridized carbons (Fsp3) is 0.650. The number of nitrogens with zero attached hydrogens (tertiary/aromatic N) is 1. The normalized spacial score (nSPS) is 15.9. The van der Waals surface area contributed by atoms with Crippen molar-refractivity contribution < 1.29 is 19.1 Å². The first-order valence-corrected chi connectivity index (χ1v) is 10.5. The standard InChI is InChI=1S/C20H30N2O4S/c1-6-22(16-10-8-7-9-11-16)19(24)13(3)26-20(25)17-12(2)14(4)27-18(17)21-15(5)23/h13,16H,6-11H2,1-5H3,(H,21,23)/t13-/m1/s1. The lowest BCUT2D eigenvalue weighted by molar-refractivity contribution is -0.142. The fourth-order valence-electron chi connectivity index (χ4n) is 3.61. The Morgan fingerprint density at radius 1 is 1.22 bits per heavy atom. The molecule has 1 N–H and O–H groups in total. The van der Waals surface area contributed by atoms with Crippen molar-refractivity contribution in [1.82, 2.24) is 4.90 Å². The molecule has 0 bridgehead atoms. The molecular weight excluding hydrogens is 364 g/mol. The van der Waals surface area contributed by atoms with E-state index in [-0.39, 0.29) is 17.9 Å². The average Bonchev–Trinajstić information content (AvgIpc) is 2.89. The minimum Gasteiger partial charge on any atom is -0.449 e. The van der Waals surface area contributed by atoms with Crippen molar-refractivity contribution in [3.05, 3.63) is 16.0 Å². The molecule has 6 nitrogen and oxygen atoms in total. The van der Waals surface area contributed by atoms with E-state index in [1.165, 1.54) is 24.7 Å². The number of nitrogens with one attached hydrogen (secondary N) is 1. The summed E-state index contributed by atoms with van der Waals surface area (Å²) in [6.45, 7) is 9.30. The highest BCUT2D eigenvalue weighted by Gasteiger charge is 2.31. The highest BCUT2D eigenvalue weighted by molar-refractivity contribution is 7.16. The van der Waals surface area contributed by atoms with Gasteiger partial charge in [-0.15, -0.1) is 11.3 Å². The van der Waals surface area contributed by atoms with Crippen molar-refractivity contribution in [3.63, 3.8) is 0 Å². The molecule has 1 aromatic heterocycles. The highest BCUT2D eigenvalue weighted by Crippen LogP contribution is 2.33. The Hall–Kier alpha value is -1.89. The van der Waals surface area contributed by atoms with Gasteiger partial charge in [0.2, 0.25) is 5.91 Å². The molecule has 2 amide bonds. The van der Waals surface area contributed by atoms with Gasteiger partial charge in [-0.1, -0.05) is 19.3 Å². The third kappa shape index (κ3) is 5.09. The number of amides is 2. The van der Waals surface area contributed by atoms with E-state index in [1.54, 1.807) is 6.92 Å². The number of hydrogen-bond donors (Lipinski definition) is 1. The second-order valence-corrected chi connectivity index (χ2v) is 8.36. The molecule has 1 aliphatic rings. The van der Waals surface area contributed by atoms with Gasteiger partial charge in [0, 0.05) is 24.4 Å². The molecule has 1 saturated carbocycles. The smallest absolute Gasteiger partial charge is 0.342 e. The van der Waals surface area contributed by atoms with E-state index in [4.69, 9.17) is 4.74 Å². The van der Waals surface area contributed by atoms with Crippen LogP contribution in [0.25, 0.3) is 0 Å².